The van der Waals surface area contributed by atoms with E-state index in [4.69, 9.17) is 4.74 Å². The van der Waals surface area contributed by atoms with E-state index >= 15 is 0 Å². The highest BCUT2D eigenvalue weighted by atomic mass is 32.1. The normalized spacial score (nSPS) is 10.9. The summed E-state index contributed by atoms with van der Waals surface area (Å²) in [7, 11) is 0. The molecule has 2 heterocycles. The maximum absolute atomic E-state index is 5.79. The van der Waals surface area contributed by atoms with E-state index in [9.17, 15) is 0 Å². The highest BCUT2D eigenvalue weighted by molar-refractivity contribution is 7.14. The van der Waals surface area contributed by atoms with Crippen LogP contribution in [0.3, 0.4) is 0 Å². The highest BCUT2D eigenvalue weighted by Crippen LogP contribution is 2.24. The average molecular weight is 386 g/mol. The smallest absolute Gasteiger partial charge is 0.203 e. The number of hydrogen-bond acceptors (Lipinski definition) is 6. The van der Waals surface area contributed by atoms with E-state index < -0.39 is 0 Å². The van der Waals surface area contributed by atoms with Gasteiger partial charge in [0.25, 0.3) is 0 Å². The Morgan fingerprint density at radius 2 is 1.89 bits per heavy atom. The number of benzene rings is 2. The molecule has 0 aliphatic rings. The lowest BCUT2D eigenvalue weighted by molar-refractivity contribution is 0.301. The quantitative estimate of drug-likeness (QED) is 0.349. The molecule has 0 atom stereocenters. The number of anilines is 1. The van der Waals surface area contributed by atoms with Gasteiger partial charge in [-0.05, 0) is 29.8 Å². The van der Waals surface area contributed by atoms with Crippen LogP contribution < -0.4 is 10.2 Å². The first-order chi connectivity index (χ1) is 13.9. The van der Waals surface area contributed by atoms with E-state index in [-0.39, 0.29) is 0 Å². The predicted octanol–water partition coefficient (Wildman–Crippen LogP) is 5.23. The molecule has 28 heavy (non-hydrogen) atoms. The molecule has 0 fully saturated rings. The van der Waals surface area contributed by atoms with Crippen molar-refractivity contribution in [2.45, 2.75) is 6.61 Å². The van der Waals surface area contributed by atoms with Crippen LogP contribution in [-0.4, -0.2) is 16.2 Å². The second-order valence-corrected chi connectivity index (χ2v) is 6.81. The number of ether oxygens (including phenoxy) is 1. The standard InChI is InChI=1S/C22H18N4OS/c1-2-8-18(9-3-1)21-16-28-22(25-21)26-24-14-17-7-6-11-20(13-17)27-15-19-10-4-5-12-23-19/h1-14,16H,15H2,(H,25,26). The largest absolute Gasteiger partial charge is 0.487 e. The van der Waals surface area contributed by atoms with Crippen LogP contribution >= 0.6 is 11.3 Å². The monoisotopic (exact) mass is 386 g/mol. The van der Waals surface area contributed by atoms with Gasteiger partial charge in [0.1, 0.15) is 12.4 Å². The topological polar surface area (TPSA) is 59.4 Å². The van der Waals surface area contributed by atoms with Gasteiger partial charge in [0, 0.05) is 17.1 Å². The fraction of sp³-hybridized carbons (Fsp3) is 0.0455. The zero-order valence-corrected chi connectivity index (χ0v) is 15.8. The van der Waals surface area contributed by atoms with Crippen molar-refractivity contribution >= 4 is 22.7 Å². The Hall–Kier alpha value is -3.51. The number of rotatable bonds is 7. The predicted molar refractivity (Wildman–Crippen MR) is 114 cm³/mol. The van der Waals surface area contributed by atoms with Gasteiger partial charge >= 0.3 is 0 Å². The van der Waals surface area contributed by atoms with Gasteiger partial charge in [0.2, 0.25) is 5.13 Å². The maximum Gasteiger partial charge on any atom is 0.203 e. The summed E-state index contributed by atoms with van der Waals surface area (Å²) >= 11 is 1.52. The first kappa shape index (κ1) is 17.9. The molecule has 2 aromatic heterocycles. The zero-order chi connectivity index (χ0) is 19.0. The summed E-state index contributed by atoms with van der Waals surface area (Å²) in [5.41, 5.74) is 6.84. The molecule has 4 aromatic rings. The second kappa shape index (κ2) is 8.92. The molecular weight excluding hydrogens is 368 g/mol. The van der Waals surface area contributed by atoms with Crippen LogP contribution in [0.4, 0.5) is 5.13 Å². The molecule has 2 aromatic carbocycles. The fourth-order valence-electron chi connectivity index (χ4n) is 2.55. The molecule has 0 saturated carbocycles. The van der Waals surface area contributed by atoms with Gasteiger partial charge in [0.05, 0.1) is 17.6 Å². The summed E-state index contributed by atoms with van der Waals surface area (Å²) in [5.74, 6) is 0.773. The Balaban J connectivity index is 1.35. The van der Waals surface area contributed by atoms with Crippen molar-refractivity contribution in [1.29, 1.82) is 0 Å². The number of pyridine rings is 1. The third kappa shape index (κ3) is 4.81. The van der Waals surface area contributed by atoms with E-state index in [1.807, 2.05) is 78.2 Å². The minimum atomic E-state index is 0.432. The Labute approximate surface area is 167 Å². The molecule has 138 valence electrons. The first-order valence-electron chi connectivity index (χ1n) is 8.80. The van der Waals surface area contributed by atoms with Crippen molar-refractivity contribution in [3.05, 3.63) is 95.6 Å². The van der Waals surface area contributed by atoms with Crippen LogP contribution in [-0.2, 0) is 6.61 Å². The van der Waals surface area contributed by atoms with E-state index in [2.05, 4.69) is 20.5 Å². The molecule has 0 radical (unpaired) electrons. The highest BCUT2D eigenvalue weighted by Gasteiger charge is 2.03. The van der Waals surface area contributed by atoms with Crippen molar-refractivity contribution in [3.63, 3.8) is 0 Å². The molecule has 0 bridgehead atoms. The number of hydrogen-bond donors (Lipinski definition) is 1. The molecule has 1 N–H and O–H groups in total. The number of thiazole rings is 1. The van der Waals surface area contributed by atoms with Gasteiger partial charge in [-0.3, -0.25) is 10.4 Å². The fourth-order valence-corrected chi connectivity index (χ4v) is 3.22. The van der Waals surface area contributed by atoms with Crippen molar-refractivity contribution in [2.75, 3.05) is 5.43 Å². The van der Waals surface area contributed by atoms with Crippen LogP contribution in [0.15, 0.2) is 89.5 Å². The summed E-state index contributed by atoms with van der Waals surface area (Å²) in [6, 6.07) is 23.6. The van der Waals surface area contributed by atoms with E-state index in [0.717, 1.165) is 33.4 Å². The molecule has 4 rings (SSSR count). The van der Waals surface area contributed by atoms with Crippen molar-refractivity contribution in [2.24, 2.45) is 5.10 Å². The molecule has 0 saturated heterocycles. The van der Waals surface area contributed by atoms with Crippen molar-refractivity contribution in [1.82, 2.24) is 9.97 Å². The van der Waals surface area contributed by atoms with Gasteiger partial charge < -0.3 is 4.74 Å². The van der Waals surface area contributed by atoms with Crippen LogP contribution in [0.5, 0.6) is 5.75 Å². The first-order valence-corrected chi connectivity index (χ1v) is 9.67. The number of nitrogens with one attached hydrogen (secondary N) is 1. The Kier molecular flexibility index (Phi) is 5.70. The molecule has 0 spiro atoms. The molecular formula is C22H18N4OS. The average Bonchev–Trinajstić information content (AvgIpc) is 3.23. The zero-order valence-electron chi connectivity index (χ0n) is 15.0. The second-order valence-electron chi connectivity index (χ2n) is 5.96. The van der Waals surface area contributed by atoms with Crippen LogP contribution in [0.25, 0.3) is 11.3 Å². The summed E-state index contributed by atoms with van der Waals surface area (Å²) in [6.45, 7) is 0.432. The van der Waals surface area contributed by atoms with Gasteiger partial charge in [-0.25, -0.2) is 4.98 Å². The van der Waals surface area contributed by atoms with Gasteiger partial charge in [-0.2, -0.15) is 5.10 Å². The van der Waals surface area contributed by atoms with Gasteiger partial charge in [0.15, 0.2) is 0 Å². The van der Waals surface area contributed by atoms with Crippen LogP contribution in [0.2, 0.25) is 0 Å². The maximum atomic E-state index is 5.79. The Bertz CT molecular complexity index is 1050. The summed E-state index contributed by atoms with van der Waals surface area (Å²) in [5, 5.41) is 7.04. The molecule has 0 unspecified atom stereocenters. The van der Waals surface area contributed by atoms with Gasteiger partial charge in [-0.15, -0.1) is 11.3 Å². The lowest BCUT2D eigenvalue weighted by Gasteiger charge is -2.06. The van der Waals surface area contributed by atoms with Crippen molar-refractivity contribution < 1.29 is 4.74 Å². The molecule has 0 amide bonds. The lowest BCUT2D eigenvalue weighted by atomic mass is 10.2. The molecule has 0 aliphatic carbocycles. The van der Waals surface area contributed by atoms with Crippen molar-refractivity contribution in [3.8, 4) is 17.0 Å². The van der Waals surface area contributed by atoms with Crippen LogP contribution in [0.1, 0.15) is 11.3 Å². The van der Waals surface area contributed by atoms with Crippen LogP contribution in [0, 0.1) is 0 Å². The molecule has 6 heteroatoms. The minimum absolute atomic E-state index is 0.432. The van der Waals surface area contributed by atoms with E-state index in [1.165, 1.54) is 11.3 Å². The number of hydrazone groups is 1. The minimum Gasteiger partial charge on any atom is -0.487 e. The Morgan fingerprint density at radius 1 is 1.00 bits per heavy atom. The lowest BCUT2D eigenvalue weighted by Crippen LogP contribution is -1.98. The third-order valence-electron chi connectivity index (χ3n) is 3.92. The number of nitrogens with zero attached hydrogens (tertiary/aromatic N) is 3. The summed E-state index contributed by atoms with van der Waals surface area (Å²) in [4.78, 5) is 8.81. The van der Waals surface area contributed by atoms with E-state index in [0.29, 0.717) is 6.61 Å². The third-order valence-corrected chi connectivity index (χ3v) is 4.67. The van der Waals surface area contributed by atoms with Gasteiger partial charge in [-0.1, -0.05) is 48.5 Å². The molecule has 0 aliphatic heterocycles. The molecule has 5 nitrogen and oxygen atoms in total. The SMILES string of the molecule is C(=NNc1nc(-c2ccccc2)cs1)c1cccc(OCc2ccccn2)c1. The summed E-state index contributed by atoms with van der Waals surface area (Å²) in [6.07, 6.45) is 3.51. The number of aromatic nitrogens is 2. The van der Waals surface area contributed by atoms with E-state index in [1.54, 1.807) is 12.4 Å². The summed E-state index contributed by atoms with van der Waals surface area (Å²) < 4.78 is 5.79. The Morgan fingerprint density at radius 3 is 2.75 bits per heavy atom.